The van der Waals surface area contributed by atoms with Gasteiger partial charge in [0.15, 0.2) is 11.6 Å². The van der Waals surface area contributed by atoms with E-state index in [1.54, 1.807) is 6.07 Å². The van der Waals surface area contributed by atoms with Crippen molar-refractivity contribution in [3.63, 3.8) is 0 Å². The second-order valence-electron chi connectivity index (χ2n) is 3.99. The molecule has 1 aliphatic carbocycles. The first-order valence-corrected chi connectivity index (χ1v) is 4.85. The van der Waals surface area contributed by atoms with Gasteiger partial charge in [-0.25, -0.2) is 4.39 Å². The van der Waals surface area contributed by atoms with Crippen LogP contribution in [0.15, 0.2) is 12.1 Å². The molecule has 4 heteroatoms. The molecule has 1 aromatic carbocycles. The van der Waals surface area contributed by atoms with E-state index in [-0.39, 0.29) is 24.2 Å². The van der Waals surface area contributed by atoms with Crippen LogP contribution in [0.3, 0.4) is 0 Å². The second-order valence-corrected chi connectivity index (χ2v) is 3.99. The number of phenols is 1. The largest absolute Gasteiger partial charge is 0.505 e. The van der Waals surface area contributed by atoms with Gasteiger partial charge in [0.25, 0.3) is 0 Å². The predicted octanol–water partition coefficient (Wildman–Crippen LogP) is 2.67. The summed E-state index contributed by atoms with van der Waals surface area (Å²) in [5, 5.41) is 9.57. The first-order valence-electron chi connectivity index (χ1n) is 4.85. The van der Waals surface area contributed by atoms with Crippen LogP contribution in [0.25, 0.3) is 0 Å². The van der Waals surface area contributed by atoms with Crippen molar-refractivity contribution < 1.29 is 9.50 Å². The molecule has 0 amide bonds. The molecule has 1 saturated carbocycles. The maximum atomic E-state index is 13.1. The molecular formula is C11H15ClFNO. The molecular weight excluding hydrogens is 217 g/mol. The summed E-state index contributed by atoms with van der Waals surface area (Å²) in [4.78, 5) is 0. The topological polar surface area (TPSA) is 46.2 Å². The maximum Gasteiger partial charge on any atom is 0.165 e. The Balaban J connectivity index is 0.00000112. The summed E-state index contributed by atoms with van der Waals surface area (Å²) < 4.78 is 13.1. The lowest BCUT2D eigenvalue weighted by molar-refractivity contribution is 0.416. The first-order chi connectivity index (χ1) is 6.61. The molecule has 1 fully saturated rings. The third-order valence-corrected chi connectivity index (χ3v) is 2.85. The molecule has 15 heavy (non-hydrogen) atoms. The molecule has 3 N–H and O–H groups in total. The minimum atomic E-state index is -0.582. The van der Waals surface area contributed by atoms with Gasteiger partial charge in [0.2, 0.25) is 0 Å². The van der Waals surface area contributed by atoms with Crippen LogP contribution in [0, 0.1) is 18.7 Å². The normalized spacial score (nSPS) is 17.0. The van der Waals surface area contributed by atoms with E-state index in [0.717, 1.165) is 18.4 Å². The zero-order chi connectivity index (χ0) is 10.3. The Morgan fingerprint density at radius 3 is 2.60 bits per heavy atom. The predicted molar refractivity (Wildman–Crippen MR) is 59.7 cm³/mol. The van der Waals surface area contributed by atoms with Gasteiger partial charge in [0.1, 0.15) is 0 Å². The molecule has 2 nitrogen and oxygen atoms in total. The average molecular weight is 232 g/mol. The Morgan fingerprint density at radius 1 is 1.47 bits per heavy atom. The molecule has 1 aromatic rings. The summed E-state index contributed by atoms with van der Waals surface area (Å²) in [5.41, 5.74) is 7.38. The van der Waals surface area contributed by atoms with Crippen LogP contribution in [-0.4, -0.2) is 5.11 Å². The van der Waals surface area contributed by atoms with E-state index in [0.29, 0.717) is 11.5 Å². The molecule has 1 atom stereocenters. The number of hydrogen-bond donors (Lipinski definition) is 2. The Labute approximate surface area is 94.7 Å². The van der Waals surface area contributed by atoms with Crippen molar-refractivity contribution in [1.82, 2.24) is 0 Å². The fraction of sp³-hybridized carbons (Fsp3) is 0.455. The summed E-state index contributed by atoms with van der Waals surface area (Å²) in [6, 6.07) is 2.71. The van der Waals surface area contributed by atoms with E-state index in [1.807, 2.05) is 6.92 Å². The monoisotopic (exact) mass is 231 g/mol. The van der Waals surface area contributed by atoms with Crippen LogP contribution in [0.5, 0.6) is 5.75 Å². The molecule has 0 radical (unpaired) electrons. The van der Waals surface area contributed by atoms with E-state index < -0.39 is 5.82 Å². The fourth-order valence-electron chi connectivity index (χ4n) is 1.79. The number of phenolic OH excluding ortho intramolecular Hbond substituents is 1. The number of aryl methyl sites for hydroxylation is 1. The SMILES string of the molecule is Cc1ccc(F)c(O)c1[C@H](N)C1CC1.Cl. The number of benzene rings is 1. The molecule has 0 bridgehead atoms. The smallest absolute Gasteiger partial charge is 0.165 e. The molecule has 0 unspecified atom stereocenters. The lowest BCUT2D eigenvalue weighted by Crippen LogP contribution is -2.14. The highest BCUT2D eigenvalue weighted by Crippen LogP contribution is 2.43. The highest BCUT2D eigenvalue weighted by atomic mass is 35.5. The van der Waals surface area contributed by atoms with Gasteiger partial charge in [-0.3, -0.25) is 0 Å². The lowest BCUT2D eigenvalue weighted by atomic mass is 9.97. The minimum absolute atomic E-state index is 0. The van der Waals surface area contributed by atoms with Crippen LogP contribution in [0.2, 0.25) is 0 Å². The Hall–Kier alpha value is -0.800. The van der Waals surface area contributed by atoms with Gasteiger partial charge in [-0.2, -0.15) is 0 Å². The zero-order valence-corrected chi connectivity index (χ0v) is 9.35. The number of aromatic hydroxyl groups is 1. The van der Waals surface area contributed by atoms with Crippen molar-refractivity contribution in [2.75, 3.05) is 0 Å². The van der Waals surface area contributed by atoms with Crippen molar-refractivity contribution in [3.05, 3.63) is 29.1 Å². The van der Waals surface area contributed by atoms with E-state index in [4.69, 9.17) is 5.73 Å². The molecule has 1 aliphatic rings. The summed E-state index contributed by atoms with van der Waals surface area (Å²) >= 11 is 0. The van der Waals surface area contributed by atoms with Gasteiger partial charge in [0.05, 0.1) is 0 Å². The number of halogens is 2. The molecule has 2 rings (SSSR count). The standard InChI is InChI=1S/C11H14FNO.ClH/c1-6-2-5-8(12)11(14)9(6)10(13)7-3-4-7;/h2,5,7,10,14H,3-4,13H2,1H3;1H/t10-;/m1./s1. The Morgan fingerprint density at radius 2 is 2.07 bits per heavy atom. The number of hydrogen-bond acceptors (Lipinski definition) is 2. The van der Waals surface area contributed by atoms with Gasteiger partial charge < -0.3 is 10.8 Å². The maximum absolute atomic E-state index is 13.1. The van der Waals surface area contributed by atoms with Crippen LogP contribution < -0.4 is 5.73 Å². The van der Waals surface area contributed by atoms with Crippen molar-refractivity contribution in [1.29, 1.82) is 0 Å². The molecule has 0 saturated heterocycles. The van der Waals surface area contributed by atoms with Crippen molar-refractivity contribution in [2.24, 2.45) is 11.7 Å². The van der Waals surface area contributed by atoms with Gasteiger partial charge >= 0.3 is 0 Å². The highest BCUT2D eigenvalue weighted by molar-refractivity contribution is 5.85. The van der Waals surface area contributed by atoms with E-state index in [9.17, 15) is 9.50 Å². The summed E-state index contributed by atoms with van der Waals surface area (Å²) in [6.07, 6.45) is 2.16. The Bertz CT molecular complexity index is 366. The third-order valence-electron chi connectivity index (χ3n) is 2.85. The van der Waals surface area contributed by atoms with E-state index in [2.05, 4.69) is 0 Å². The van der Waals surface area contributed by atoms with Crippen LogP contribution >= 0.6 is 12.4 Å². The van der Waals surface area contributed by atoms with Gasteiger partial charge in [0, 0.05) is 11.6 Å². The molecule has 84 valence electrons. The van der Waals surface area contributed by atoms with Gasteiger partial charge in [-0.1, -0.05) is 6.07 Å². The van der Waals surface area contributed by atoms with Gasteiger partial charge in [-0.05, 0) is 37.3 Å². The van der Waals surface area contributed by atoms with Crippen LogP contribution in [0.1, 0.15) is 30.0 Å². The fourth-order valence-corrected chi connectivity index (χ4v) is 1.79. The third kappa shape index (κ3) is 2.24. The molecule has 0 spiro atoms. The highest BCUT2D eigenvalue weighted by Gasteiger charge is 2.32. The average Bonchev–Trinajstić information content (AvgIpc) is 2.95. The summed E-state index contributed by atoms with van der Waals surface area (Å²) in [6.45, 7) is 1.84. The first kappa shape index (κ1) is 12.3. The minimum Gasteiger partial charge on any atom is -0.505 e. The van der Waals surface area contributed by atoms with E-state index >= 15 is 0 Å². The Kier molecular flexibility index (Phi) is 3.58. The quantitative estimate of drug-likeness (QED) is 0.822. The summed E-state index contributed by atoms with van der Waals surface area (Å²) in [5.74, 6) is -0.437. The molecule has 0 aliphatic heterocycles. The summed E-state index contributed by atoms with van der Waals surface area (Å²) in [7, 11) is 0. The van der Waals surface area contributed by atoms with E-state index in [1.165, 1.54) is 6.07 Å². The number of nitrogens with two attached hydrogens (primary N) is 1. The second kappa shape index (κ2) is 4.37. The van der Waals surface area contributed by atoms with Crippen molar-refractivity contribution >= 4 is 12.4 Å². The van der Waals surface area contributed by atoms with Gasteiger partial charge in [-0.15, -0.1) is 12.4 Å². The molecule has 0 heterocycles. The van der Waals surface area contributed by atoms with Crippen LogP contribution in [-0.2, 0) is 0 Å². The molecule has 0 aromatic heterocycles. The van der Waals surface area contributed by atoms with Crippen LogP contribution in [0.4, 0.5) is 4.39 Å². The zero-order valence-electron chi connectivity index (χ0n) is 8.53. The lowest BCUT2D eigenvalue weighted by Gasteiger charge is -2.15. The van der Waals surface area contributed by atoms with Crippen molar-refractivity contribution in [2.45, 2.75) is 25.8 Å². The van der Waals surface area contributed by atoms with Crippen molar-refractivity contribution in [3.8, 4) is 5.75 Å². The number of rotatable bonds is 2.